The molecule has 1 aromatic rings. The molecule has 1 aromatic heterocycles. The minimum Gasteiger partial charge on any atom is -0.439 e. The number of unbranched alkanes of at least 4 members (excludes halogenated alkanes) is 1. The lowest BCUT2D eigenvalue weighted by atomic mass is 10.2. The number of hydrogen-bond acceptors (Lipinski definition) is 4. The number of nitrogens with zero attached hydrogens (tertiary/aromatic N) is 1. The van der Waals surface area contributed by atoms with Crippen LogP contribution in [-0.2, 0) is 0 Å². The van der Waals surface area contributed by atoms with Crippen LogP contribution in [0.1, 0.15) is 32.3 Å². The molecule has 0 aliphatic heterocycles. The molecule has 0 spiro atoms. The molecular weight excluding hydrogens is 250 g/mol. The number of hydrogen-bond donors (Lipinski definition) is 2. The normalized spacial score (nSPS) is 12.2. The fraction of sp³-hybridized carbons (Fsp3) is 0.312. The monoisotopic (exact) mass is 273 g/mol. The van der Waals surface area contributed by atoms with Crippen molar-refractivity contribution in [2.24, 2.45) is 5.84 Å². The van der Waals surface area contributed by atoms with Crippen LogP contribution in [0, 0.1) is 6.92 Å². The SMILES string of the molecule is C=C/C(C)=C(\C=C/CCC)Oc1cc(C)c(NN)cn1. The Balaban J connectivity index is 2.96. The van der Waals surface area contributed by atoms with Crippen LogP contribution in [0.4, 0.5) is 5.69 Å². The fourth-order valence-electron chi connectivity index (χ4n) is 1.55. The van der Waals surface area contributed by atoms with Gasteiger partial charge in [-0.2, -0.15) is 0 Å². The third-order valence-corrected chi connectivity index (χ3v) is 2.88. The number of aryl methyl sites for hydroxylation is 1. The highest BCUT2D eigenvalue weighted by Crippen LogP contribution is 2.20. The average Bonchev–Trinajstić information content (AvgIpc) is 2.45. The zero-order valence-electron chi connectivity index (χ0n) is 12.4. The van der Waals surface area contributed by atoms with E-state index in [0.29, 0.717) is 5.88 Å². The summed E-state index contributed by atoms with van der Waals surface area (Å²) < 4.78 is 5.84. The number of rotatable bonds is 7. The summed E-state index contributed by atoms with van der Waals surface area (Å²) in [5, 5.41) is 0. The van der Waals surface area contributed by atoms with Crippen molar-refractivity contribution in [1.82, 2.24) is 4.98 Å². The van der Waals surface area contributed by atoms with Crippen LogP contribution in [-0.4, -0.2) is 4.98 Å². The molecule has 0 aliphatic carbocycles. The first kappa shape index (κ1) is 16.0. The molecule has 4 nitrogen and oxygen atoms in total. The van der Waals surface area contributed by atoms with Crippen molar-refractivity contribution in [2.75, 3.05) is 5.43 Å². The van der Waals surface area contributed by atoms with Crippen molar-refractivity contribution in [3.8, 4) is 5.88 Å². The van der Waals surface area contributed by atoms with E-state index in [2.05, 4.69) is 30.0 Å². The first-order valence-corrected chi connectivity index (χ1v) is 6.73. The van der Waals surface area contributed by atoms with Crippen LogP contribution in [0.15, 0.2) is 48.4 Å². The number of hydrazine groups is 1. The van der Waals surface area contributed by atoms with Crippen LogP contribution in [0.25, 0.3) is 0 Å². The maximum Gasteiger partial charge on any atom is 0.219 e. The van der Waals surface area contributed by atoms with Gasteiger partial charge in [-0.1, -0.05) is 32.1 Å². The molecule has 108 valence electrons. The minimum absolute atomic E-state index is 0.541. The zero-order chi connectivity index (χ0) is 15.0. The van der Waals surface area contributed by atoms with Gasteiger partial charge < -0.3 is 10.2 Å². The Kier molecular flexibility index (Phi) is 6.53. The predicted octanol–water partition coefficient (Wildman–Crippen LogP) is 3.87. The summed E-state index contributed by atoms with van der Waals surface area (Å²) >= 11 is 0. The molecule has 1 rings (SSSR count). The van der Waals surface area contributed by atoms with Gasteiger partial charge >= 0.3 is 0 Å². The summed E-state index contributed by atoms with van der Waals surface area (Å²) in [5.41, 5.74) is 5.32. The molecule has 3 N–H and O–H groups in total. The Morgan fingerprint density at radius 1 is 1.55 bits per heavy atom. The summed E-state index contributed by atoms with van der Waals surface area (Å²) in [6.07, 6.45) is 9.60. The quantitative estimate of drug-likeness (QED) is 0.342. The number of aromatic nitrogens is 1. The van der Waals surface area contributed by atoms with Crippen molar-refractivity contribution in [1.29, 1.82) is 0 Å². The highest BCUT2D eigenvalue weighted by Gasteiger charge is 2.04. The second-order valence-electron chi connectivity index (χ2n) is 4.53. The predicted molar refractivity (Wildman–Crippen MR) is 84.4 cm³/mol. The Hall–Kier alpha value is -2.07. The van der Waals surface area contributed by atoms with E-state index in [1.165, 1.54) is 0 Å². The number of nitrogens with two attached hydrogens (primary N) is 1. The van der Waals surface area contributed by atoms with Gasteiger partial charge in [0.1, 0.15) is 5.76 Å². The van der Waals surface area contributed by atoms with E-state index in [9.17, 15) is 0 Å². The van der Waals surface area contributed by atoms with Gasteiger partial charge in [0, 0.05) is 6.07 Å². The van der Waals surface area contributed by atoms with Gasteiger partial charge in [0.05, 0.1) is 11.9 Å². The molecule has 0 aromatic carbocycles. The van der Waals surface area contributed by atoms with E-state index in [0.717, 1.165) is 35.4 Å². The second-order valence-corrected chi connectivity index (χ2v) is 4.53. The molecule has 0 unspecified atom stereocenters. The maximum absolute atomic E-state index is 5.84. The molecule has 20 heavy (non-hydrogen) atoms. The molecule has 0 bridgehead atoms. The standard InChI is InChI=1S/C16H23N3O/c1-5-7-8-9-15(12(3)6-2)20-16-10-13(4)14(19-17)11-18-16/h6,8-11,19H,2,5,7,17H2,1,3-4H3/b9-8-,15-12+. The first-order valence-electron chi connectivity index (χ1n) is 6.73. The van der Waals surface area contributed by atoms with Crippen LogP contribution in [0.3, 0.4) is 0 Å². The van der Waals surface area contributed by atoms with Crippen molar-refractivity contribution in [2.45, 2.75) is 33.6 Å². The molecule has 4 heteroatoms. The largest absolute Gasteiger partial charge is 0.439 e. The van der Waals surface area contributed by atoms with Crippen LogP contribution in [0.2, 0.25) is 0 Å². The number of ether oxygens (including phenoxy) is 1. The number of pyridine rings is 1. The summed E-state index contributed by atoms with van der Waals surface area (Å²) in [6, 6.07) is 1.85. The third-order valence-electron chi connectivity index (χ3n) is 2.88. The average molecular weight is 273 g/mol. The minimum atomic E-state index is 0.541. The number of allylic oxidation sites excluding steroid dienone is 4. The van der Waals surface area contributed by atoms with Crippen molar-refractivity contribution in [3.05, 3.63) is 54.0 Å². The molecule has 0 radical (unpaired) electrons. The first-order chi connectivity index (χ1) is 9.62. The molecule has 1 heterocycles. The maximum atomic E-state index is 5.84. The Labute approximate surface area is 121 Å². The zero-order valence-corrected chi connectivity index (χ0v) is 12.4. The van der Waals surface area contributed by atoms with E-state index in [1.807, 2.05) is 26.0 Å². The lowest BCUT2D eigenvalue weighted by molar-refractivity contribution is 0.422. The topological polar surface area (TPSA) is 60.2 Å². The van der Waals surface area contributed by atoms with Gasteiger partial charge in [0.25, 0.3) is 0 Å². The van der Waals surface area contributed by atoms with E-state index in [-0.39, 0.29) is 0 Å². The third kappa shape index (κ3) is 4.55. The van der Waals surface area contributed by atoms with Gasteiger partial charge in [-0.05, 0) is 37.5 Å². The summed E-state index contributed by atoms with van der Waals surface area (Å²) in [7, 11) is 0. The lowest BCUT2D eigenvalue weighted by Gasteiger charge is -2.10. The van der Waals surface area contributed by atoms with E-state index >= 15 is 0 Å². The highest BCUT2D eigenvalue weighted by atomic mass is 16.5. The molecule has 0 amide bonds. The van der Waals surface area contributed by atoms with Crippen molar-refractivity contribution in [3.63, 3.8) is 0 Å². The fourth-order valence-corrected chi connectivity index (χ4v) is 1.55. The molecular formula is C16H23N3O. The lowest BCUT2D eigenvalue weighted by Crippen LogP contribution is -2.09. The van der Waals surface area contributed by atoms with Gasteiger partial charge in [0.2, 0.25) is 5.88 Å². The summed E-state index contributed by atoms with van der Waals surface area (Å²) in [4.78, 5) is 4.23. The van der Waals surface area contributed by atoms with E-state index in [1.54, 1.807) is 12.3 Å². The van der Waals surface area contributed by atoms with Crippen molar-refractivity contribution >= 4 is 5.69 Å². The van der Waals surface area contributed by atoms with Gasteiger partial charge in [0.15, 0.2) is 0 Å². The Morgan fingerprint density at radius 3 is 2.85 bits per heavy atom. The number of nitrogens with one attached hydrogen (secondary N) is 1. The molecule has 0 fully saturated rings. The number of anilines is 1. The Bertz CT molecular complexity index is 518. The Morgan fingerprint density at radius 2 is 2.30 bits per heavy atom. The molecule has 0 aliphatic rings. The van der Waals surface area contributed by atoms with Gasteiger partial charge in [-0.15, -0.1) is 0 Å². The summed E-state index contributed by atoms with van der Waals surface area (Å²) in [6.45, 7) is 9.82. The molecule has 0 saturated carbocycles. The van der Waals surface area contributed by atoms with E-state index in [4.69, 9.17) is 10.6 Å². The van der Waals surface area contributed by atoms with Gasteiger partial charge in [-0.25, -0.2) is 4.98 Å². The van der Waals surface area contributed by atoms with E-state index < -0.39 is 0 Å². The molecule has 0 saturated heterocycles. The van der Waals surface area contributed by atoms with Crippen molar-refractivity contribution < 1.29 is 4.74 Å². The highest BCUT2D eigenvalue weighted by molar-refractivity contribution is 5.49. The smallest absolute Gasteiger partial charge is 0.219 e. The van der Waals surface area contributed by atoms with Gasteiger partial charge in [-0.3, -0.25) is 5.84 Å². The summed E-state index contributed by atoms with van der Waals surface area (Å²) in [5.74, 6) is 6.69. The van der Waals surface area contributed by atoms with Crippen LogP contribution in [0.5, 0.6) is 5.88 Å². The number of nitrogen functional groups attached to an aromatic ring is 1. The molecule has 0 atom stereocenters. The van der Waals surface area contributed by atoms with Crippen LogP contribution < -0.4 is 16.0 Å². The second kappa shape index (κ2) is 8.17. The van der Waals surface area contributed by atoms with Crippen LogP contribution >= 0.6 is 0 Å².